The number of aliphatic imine (C=N–C) groups is 1. The van der Waals surface area contributed by atoms with Crippen LogP contribution in [0.1, 0.15) is 5.56 Å². The molecule has 4 aromatic rings. The van der Waals surface area contributed by atoms with Gasteiger partial charge in [-0.3, -0.25) is 9.22 Å². The van der Waals surface area contributed by atoms with Crippen molar-refractivity contribution < 1.29 is 0 Å². The van der Waals surface area contributed by atoms with Crippen molar-refractivity contribution in [1.82, 2.24) is 23.9 Å². The summed E-state index contributed by atoms with van der Waals surface area (Å²) in [5.41, 5.74) is 8.55. The Kier molecular flexibility index (Phi) is 4.14. The number of guanidine groups is 1. The molecule has 2 aliphatic rings. The molecule has 0 aliphatic carbocycles. The molecule has 0 bridgehead atoms. The van der Waals surface area contributed by atoms with Crippen LogP contribution in [0.4, 0.5) is 0 Å². The summed E-state index contributed by atoms with van der Waals surface area (Å²) < 4.78 is 6.18. The fourth-order valence-corrected chi connectivity index (χ4v) is 4.25. The third-order valence-electron chi connectivity index (χ3n) is 5.10. The highest BCUT2D eigenvalue weighted by molar-refractivity contribution is 7.00. The van der Waals surface area contributed by atoms with Crippen molar-refractivity contribution in [2.45, 2.75) is 0 Å². The zero-order chi connectivity index (χ0) is 20.6. The number of nitrogens with one attached hydrogen (secondary N) is 2. The highest BCUT2D eigenvalue weighted by Gasteiger charge is 2.25. The molecule has 0 saturated carbocycles. The third-order valence-corrected chi connectivity index (χ3v) is 5.81. The number of hydrogen-bond acceptors (Lipinski definition) is 7. The van der Waals surface area contributed by atoms with E-state index in [2.05, 4.69) is 62.6 Å². The normalized spacial score (nSPS) is 15.7. The van der Waals surface area contributed by atoms with Crippen LogP contribution < -0.4 is 16.1 Å². The van der Waals surface area contributed by atoms with Gasteiger partial charge >= 0.3 is 0 Å². The van der Waals surface area contributed by atoms with Crippen LogP contribution in [-0.4, -0.2) is 19.1 Å². The van der Waals surface area contributed by atoms with Gasteiger partial charge in [-0.15, -0.1) is 0 Å². The van der Waals surface area contributed by atoms with Gasteiger partial charge in [-0.25, -0.2) is 10.0 Å². The largest absolute Gasteiger partial charge is 0.357 e. The smallest absolute Gasteiger partial charge is 0.244 e. The molecule has 2 aromatic heterocycles. The average Bonchev–Trinajstić information content (AvgIpc) is 3.45. The molecule has 8 heteroatoms. The van der Waals surface area contributed by atoms with Gasteiger partial charge in [-0.05, 0) is 23.3 Å². The number of fused-ring (bicyclic) bond motifs is 2. The van der Waals surface area contributed by atoms with Crippen molar-refractivity contribution in [2.24, 2.45) is 9.98 Å². The van der Waals surface area contributed by atoms with Crippen LogP contribution in [0.25, 0.3) is 22.3 Å². The second kappa shape index (κ2) is 7.26. The molecule has 0 spiro atoms. The Balaban J connectivity index is 1.45. The third kappa shape index (κ3) is 3.19. The van der Waals surface area contributed by atoms with E-state index in [-0.39, 0.29) is 0 Å². The minimum absolute atomic E-state index is 0.533. The van der Waals surface area contributed by atoms with E-state index in [4.69, 9.17) is 4.99 Å². The first-order valence-electron chi connectivity index (χ1n) is 9.80. The van der Waals surface area contributed by atoms with Gasteiger partial charge in [0.15, 0.2) is 5.82 Å². The summed E-state index contributed by atoms with van der Waals surface area (Å²) >= 11 is 1.40. The first-order chi connectivity index (χ1) is 15.3. The molecule has 150 valence electrons. The van der Waals surface area contributed by atoms with Crippen LogP contribution >= 0.6 is 11.7 Å². The summed E-state index contributed by atoms with van der Waals surface area (Å²) in [6.07, 6.45) is 7.57. The van der Waals surface area contributed by atoms with Crippen molar-refractivity contribution in [1.29, 1.82) is 0 Å². The Hall–Kier alpha value is -4.17. The molecule has 0 amide bonds. The maximum atomic E-state index is 4.78. The maximum Gasteiger partial charge on any atom is 0.244 e. The van der Waals surface area contributed by atoms with Crippen LogP contribution in [0.15, 0.2) is 107 Å². The van der Waals surface area contributed by atoms with Gasteiger partial charge in [-0.2, -0.15) is 9.37 Å². The van der Waals surface area contributed by atoms with E-state index in [1.807, 2.05) is 57.9 Å². The summed E-state index contributed by atoms with van der Waals surface area (Å²) in [5.74, 6) is 1.31. The van der Waals surface area contributed by atoms with Crippen LogP contribution in [-0.2, 0) is 0 Å². The first-order valence-corrected chi connectivity index (χ1v) is 10.5. The first kappa shape index (κ1) is 17.7. The summed E-state index contributed by atoms with van der Waals surface area (Å²) in [6.45, 7) is 0. The number of hydrogen-bond donors (Lipinski definition) is 2. The molecule has 7 nitrogen and oxygen atoms in total. The monoisotopic (exact) mass is 423 g/mol. The number of pyridine rings is 1. The van der Waals surface area contributed by atoms with E-state index < -0.39 is 0 Å². The molecule has 2 aromatic carbocycles. The predicted molar refractivity (Wildman–Crippen MR) is 122 cm³/mol. The van der Waals surface area contributed by atoms with Crippen molar-refractivity contribution >= 4 is 28.9 Å². The van der Waals surface area contributed by atoms with Crippen molar-refractivity contribution in [2.75, 3.05) is 0 Å². The van der Waals surface area contributed by atoms with E-state index in [9.17, 15) is 0 Å². The SMILES string of the molecule is C1=CN2NC(N=c3ccn4sncc4c3)=NC2=C(c2ccccc2-c2ccccc2)N1. The Morgan fingerprint density at radius 1 is 0.935 bits per heavy atom. The summed E-state index contributed by atoms with van der Waals surface area (Å²) in [5, 5.41) is 6.08. The summed E-state index contributed by atoms with van der Waals surface area (Å²) in [4.78, 5) is 9.46. The zero-order valence-electron chi connectivity index (χ0n) is 16.3. The van der Waals surface area contributed by atoms with E-state index in [1.165, 1.54) is 11.7 Å². The molecule has 4 heterocycles. The minimum atomic E-state index is 0.533. The molecule has 0 fully saturated rings. The molecule has 6 rings (SSSR count). The van der Waals surface area contributed by atoms with Gasteiger partial charge in [-0.1, -0.05) is 54.6 Å². The second-order valence-corrected chi connectivity index (χ2v) is 7.82. The number of aromatic nitrogens is 2. The zero-order valence-corrected chi connectivity index (χ0v) is 17.1. The molecule has 0 radical (unpaired) electrons. The highest BCUT2D eigenvalue weighted by Crippen LogP contribution is 2.32. The van der Waals surface area contributed by atoms with E-state index in [1.54, 1.807) is 0 Å². The Morgan fingerprint density at radius 2 is 1.77 bits per heavy atom. The lowest BCUT2D eigenvalue weighted by molar-refractivity contribution is 0.432. The highest BCUT2D eigenvalue weighted by atomic mass is 32.1. The van der Waals surface area contributed by atoms with E-state index in [0.717, 1.165) is 39.1 Å². The lowest BCUT2D eigenvalue weighted by Gasteiger charge is -2.23. The van der Waals surface area contributed by atoms with Gasteiger partial charge < -0.3 is 5.32 Å². The molecule has 2 N–H and O–H groups in total. The van der Waals surface area contributed by atoms with Crippen LogP contribution in [0.2, 0.25) is 0 Å². The Labute approximate surface area is 182 Å². The van der Waals surface area contributed by atoms with E-state index >= 15 is 0 Å². The second-order valence-electron chi connectivity index (χ2n) is 7.05. The molecular formula is C23H17N7S. The van der Waals surface area contributed by atoms with Gasteiger partial charge in [0.2, 0.25) is 5.96 Å². The Bertz CT molecular complexity index is 1440. The number of nitrogens with zero attached hydrogens (tertiary/aromatic N) is 5. The van der Waals surface area contributed by atoms with Gasteiger partial charge in [0.05, 0.1) is 34.5 Å². The number of rotatable bonds is 2. The maximum absolute atomic E-state index is 4.78. The molecule has 2 aliphatic heterocycles. The standard InChI is InChI=1S/C23H17N7S/c1-2-6-16(7-3-1)19-8-4-5-9-20(19)21-22-27-23(28-29(22)13-11-24-21)26-17-10-12-30-18(14-17)15-25-31-30/h1-15,24H,(H,27,28). The topological polar surface area (TPSA) is 69.3 Å². The lowest BCUT2D eigenvalue weighted by Crippen LogP contribution is -2.34. The summed E-state index contributed by atoms with van der Waals surface area (Å²) in [6, 6.07) is 22.6. The molecule has 0 atom stereocenters. The molecule has 0 unspecified atom stereocenters. The average molecular weight is 424 g/mol. The van der Waals surface area contributed by atoms with Crippen molar-refractivity contribution in [3.8, 4) is 11.1 Å². The van der Waals surface area contributed by atoms with Crippen molar-refractivity contribution in [3.05, 3.63) is 108 Å². The molecule has 0 saturated heterocycles. The fourth-order valence-electron chi connectivity index (χ4n) is 3.68. The Morgan fingerprint density at radius 3 is 2.68 bits per heavy atom. The predicted octanol–water partition coefficient (Wildman–Crippen LogP) is 3.54. The lowest BCUT2D eigenvalue weighted by atomic mass is 9.97. The van der Waals surface area contributed by atoms with Crippen LogP contribution in [0.5, 0.6) is 0 Å². The van der Waals surface area contributed by atoms with Crippen LogP contribution in [0.3, 0.4) is 0 Å². The molecule has 31 heavy (non-hydrogen) atoms. The van der Waals surface area contributed by atoms with Gasteiger partial charge in [0.25, 0.3) is 0 Å². The number of hydrazine groups is 1. The van der Waals surface area contributed by atoms with E-state index in [0.29, 0.717) is 5.96 Å². The minimum Gasteiger partial charge on any atom is -0.357 e. The number of benzene rings is 2. The molecular weight excluding hydrogens is 406 g/mol. The summed E-state index contributed by atoms with van der Waals surface area (Å²) in [7, 11) is 0. The van der Waals surface area contributed by atoms with Gasteiger partial charge in [0.1, 0.15) is 0 Å². The van der Waals surface area contributed by atoms with Crippen LogP contribution in [0, 0.1) is 0 Å². The van der Waals surface area contributed by atoms with Gasteiger partial charge in [0, 0.05) is 24.2 Å². The quantitative estimate of drug-likeness (QED) is 0.518. The van der Waals surface area contributed by atoms with Crippen molar-refractivity contribution in [3.63, 3.8) is 0 Å². The fraction of sp³-hybridized carbons (Fsp3) is 0.